The molecule has 1 saturated carbocycles. The van der Waals surface area contributed by atoms with Crippen molar-refractivity contribution < 1.29 is 14.4 Å². The van der Waals surface area contributed by atoms with Crippen LogP contribution in [0.25, 0.3) is 0 Å². The lowest BCUT2D eigenvalue weighted by atomic mass is 9.92. The first-order chi connectivity index (χ1) is 9.10. The first kappa shape index (κ1) is 18.6. The molecule has 0 N–H and O–H groups in total. The molecule has 1 aliphatic rings. The van der Waals surface area contributed by atoms with Crippen LogP contribution in [0.3, 0.4) is 0 Å². The van der Waals surface area contributed by atoms with Gasteiger partial charge in [0, 0.05) is 26.0 Å². The molecule has 2 rings (SSSR count). The van der Waals surface area contributed by atoms with Crippen LogP contribution in [0.15, 0.2) is 12.3 Å². The zero-order valence-electron chi connectivity index (χ0n) is 11.1. The zero-order chi connectivity index (χ0) is 14.4. The van der Waals surface area contributed by atoms with Gasteiger partial charge in [0.1, 0.15) is 6.10 Å². The van der Waals surface area contributed by atoms with Gasteiger partial charge in [-0.2, -0.15) is 0 Å². The van der Waals surface area contributed by atoms with Crippen LogP contribution in [0.1, 0.15) is 34.1 Å². The van der Waals surface area contributed by atoms with Crippen LogP contribution in [0.2, 0.25) is 5.02 Å². The van der Waals surface area contributed by atoms with E-state index in [1.807, 2.05) is 13.8 Å². The van der Waals surface area contributed by atoms with E-state index in [1.165, 1.54) is 12.3 Å². The lowest BCUT2D eigenvalue weighted by Crippen LogP contribution is -2.39. The van der Waals surface area contributed by atoms with Crippen molar-refractivity contribution in [1.29, 1.82) is 0 Å². The van der Waals surface area contributed by atoms with Crippen molar-refractivity contribution in [3.8, 4) is 5.88 Å². The topological polar surface area (TPSA) is 74.5 Å². The van der Waals surface area contributed by atoms with E-state index in [-0.39, 0.29) is 36.2 Å². The maximum atomic E-state index is 10.8. The van der Waals surface area contributed by atoms with Crippen molar-refractivity contribution >= 4 is 17.3 Å². The molecule has 0 atom stereocenters. The average molecular weight is 305 g/mol. The molecule has 1 aromatic heterocycles. The third-order valence-corrected chi connectivity index (χ3v) is 2.87. The van der Waals surface area contributed by atoms with Gasteiger partial charge in [-0.15, -0.1) is 0 Å². The fourth-order valence-corrected chi connectivity index (χ4v) is 1.75. The summed E-state index contributed by atoms with van der Waals surface area (Å²) in [5, 5.41) is 11.0. The molecule has 1 aromatic rings. The molecule has 0 bridgehead atoms. The molecule has 7 heteroatoms. The number of pyridine rings is 1. The Bertz CT molecular complexity index is 436. The summed E-state index contributed by atoms with van der Waals surface area (Å²) in [6.07, 6.45) is 2.87. The SMILES string of the molecule is C.CC.COC1CC(Oc2ncc(Cl)cc2[N+](=O)[O-])C1. The highest BCUT2D eigenvalue weighted by atomic mass is 35.5. The summed E-state index contributed by atoms with van der Waals surface area (Å²) >= 11 is 5.65. The number of nitro groups is 1. The smallest absolute Gasteiger partial charge is 0.332 e. The van der Waals surface area contributed by atoms with Crippen molar-refractivity contribution in [2.24, 2.45) is 0 Å². The number of halogens is 1. The zero-order valence-corrected chi connectivity index (χ0v) is 11.9. The van der Waals surface area contributed by atoms with E-state index in [2.05, 4.69) is 4.98 Å². The number of methoxy groups -OCH3 is 1. The van der Waals surface area contributed by atoms with Crippen molar-refractivity contribution in [2.75, 3.05) is 7.11 Å². The first-order valence-corrected chi connectivity index (χ1v) is 6.47. The third kappa shape index (κ3) is 4.61. The van der Waals surface area contributed by atoms with E-state index in [4.69, 9.17) is 21.1 Å². The molecule has 0 aliphatic heterocycles. The number of hydrogen-bond acceptors (Lipinski definition) is 5. The molecule has 0 saturated heterocycles. The summed E-state index contributed by atoms with van der Waals surface area (Å²) in [6.45, 7) is 4.00. The quantitative estimate of drug-likeness (QED) is 0.623. The number of rotatable bonds is 4. The molecule has 0 amide bonds. The van der Waals surface area contributed by atoms with Crippen LogP contribution in [-0.2, 0) is 4.74 Å². The Morgan fingerprint density at radius 1 is 1.40 bits per heavy atom. The molecule has 0 unspecified atom stereocenters. The van der Waals surface area contributed by atoms with Crippen LogP contribution in [0, 0.1) is 10.1 Å². The average Bonchev–Trinajstić information content (AvgIpc) is 2.37. The minimum atomic E-state index is -0.555. The Kier molecular flexibility index (Phi) is 8.10. The summed E-state index contributed by atoms with van der Waals surface area (Å²) in [7, 11) is 1.63. The van der Waals surface area contributed by atoms with E-state index < -0.39 is 4.92 Å². The van der Waals surface area contributed by atoms with Gasteiger partial charge in [-0.1, -0.05) is 32.9 Å². The summed E-state index contributed by atoms with van der Waals surface area (Å²) in [4.78, 5) is 14.1. The van der Waals surface area contributed by atoms with Crippen LogP contribution in [-0.4, -0.2) is 29.2 Å². The van der Waals surface area contributed by atoms with Crippen LogP contribution in [0.4, 0.5) is 5.69 Å². The van der Waals surface area contributed by atoms with Gasteiger partial charge >= 0.3 is 5.69 Å². The highest BCUT2D eigenvalue weighted by Gasteiger charge is 2.33. The first-order valence-electron chi connectivity index (χ1n) is 6.09. The van der Waals surface area contributed by atoms with Crippen LogP contribution in [0.5, 0.6) is 5.88 Å². The lowest BCUT2D eigenvalue weighted by Gasteiger charge is -2.33. The standard InChI is InChI=1S/C10H11ClN2O4.C2H6.CH4/c1-16-7-3-8(4-7)17-10-9(13(14)15)2-6(11)5-12-10;1-2;/h2,5,7-8H,3-4H2,1H3;1-2H3;1H4. The maximum absolute atomic E-state index is 10.8. The minimum Gasteiger partial charge on any atom is -0.469 e. The maximum Gasteiger partial charge on any atom is 0.332 e. The fourth-order valence-electron chi connectivity index (χ4n) is 1.60. The number of aromatic nitrogens is 1. The van der Waals surface area contributed by atoms with Gasteiger partial charge in [-0.3, -0.25) is 10.1 Å². The Labute approximate surface area is 124 Å². The summed E-state index contributed by atoms with van der Waals surface area (Å²) in [5.74, 6) is 0.0129. The number of ether oxygens (including phenoxy) is 2. The highest BCUT2D eigenvalue weighted by Crippen LogP contribution is 2.32. The van der Waals surface area contributed by atoms with E-state index in [9.17, 15) is 10.1 Å². The van der Waals surface area contributed by atoms with Gasteiger partial charge in [0.15, 0.2) is 0 Å². The largest absolute Gasteiger partial charge is 0.469 e. The predicted octanol–water partition coefficient (Wildman–Crippen LogP) is 3.86. The van der Waals surface area contributed by atoms with Gasteiger partial charge in [-0.25, -0.2) is 4.98 Å². The summed E-state index contributed by atoms with van der Waals surface area (Å²) in [6, 6.07) is 1.23. The molecule has 6 nitrogen and oxygen atoms in total. The molecule has 0 spiro atoms. The molecule has 114 valence electrons. The monoisotopic (exact) mass is 304 g/mol. The van der Waals surface area contributed by atoms with E-state index in [0.29, 0.717) is 0 Å². The second kappa shape index (κ2) is 8.71. The summed E-state index contributed by atoms with van der Waals surface area (Å²) < 4.78 is 10.5. The molecule has 20 heavy (non-hydrogen) atoms. The summed E-state index contributed by atoms with van der Waals surface area (Å²) in [5.41, 5.74) is -0.210. The Hall–Kier alpha value is -1.40. The number of hydrogen-bond donors (Lipinski definition) is 0. The highest BCUT2D eigenvalue weighted by molar-refractivity contribution is 6.30. The third-order valence-electron chi connectivity index (χ3n) is 2.66. The van der Waals surface area contributed by atoms with E-state index in [1.54, 1.807) is 7.11 Å². The molecule has 0 radical (unpaired) electrons. The second-order valence-electron chi connectivity index (χ2n) is 3.80. The molecule has 1 aliphatic carbocycles. The van der Waals surface area contributed by atoms with Crippen molar-refractivity contribution in [1.82, 2.24) is 4.98 Å². The normalized spacial score (nSPS) is 19.8. The van der Waals surface area contributed by atoms with Crippen LogP contribution < -0.4 is 4.74 Å². The van der Waals surface area contributed by atoms with Gasteiger partial charge < -0.3 is 9.47 Å². The Balaban J connectivity index is 0.00000115. The van der Waals surface area contributed by atoms with Crippen molar-refractivity contribution in [2.45, 2.75) is 46.3 Å². The van der Waals surface area contributed by atoms with Gasteiger partial charge in [-0.05, 0) is 0 Å². The van der Waals surface area contributed by atoms with E-state index >= 15 is 0 Å². The number of nitrogens with zero attached hydrogens (tertiary/aromatic N) is 2. The fraction of sp³-hybridized carbons (Fsp3) is 0.615. The van der Waals surface area contributed by atoms with Gasteiger partial charge in [0.05, 0.1) is 22.2 Å². The van der Waals surface area contributed by atoms with Gasteiger partial charge in [0.25, 0.3) is 5.88 Å². The van der Waals surface area contributed by atoms with Crippen molar-refractivity contribution in [3.63, 3.8) is 0 Å². The van der Waals surface area contributed by atoms with E-state index in [0.717, 1.165) is 12.8 Å². The Morgan fingerprint density at radius 3 is 2.50 bits per heavy atom. The second-order valence-corrected chi connectivity index (χ2v) is 4.24. The predicted molar refractivity (Wildman–Crippen MR) is 78.4 cm³/mol. The molecular weight excluding hydrogens is 284 g/mol. The van der Waals surface area contributed by atoms with Crippen molar-refractivity contribution in [3.05, 3.63) is 27.4 Å². The molecule has 0 aromatic carbocycles. The minimum absolute atomic E-state index is 0. The van der Waals surface area contributed by atoms with Crippen LogP contribution >= 0.6 is 11.6 Å². The molecule has 1 fully saturated rings. The molecular formula is C13H21ClN2O4. The molecule has 1 heterocycles. The Morgan fingerprint density at radius 2 is 2.00 bits per heavy atom. The van der Waals surface area contributed by atoms with Gasteiger partial charge in [0.2, 0.25) is 0 Å². The lowest BCUT2D eigenvalue weighted by molar-refractivity contribution is -0.386.